The molecule has 0 amide bonds. The predicted molar refractivity (Wildman–Crippen MR) is 78.8 cm³/mol. The average Bonchev–Trinajstić information content (AvgIpc) is 2.43. The molecule has 0 N–H and O–H groups in total. The molecule has 21 heavy (non-hydrogen) atoms. The third kappa shape index (κ3) is 3.12. The molecular weight excluding hydrogens is 292 g/mol. The van der Waals surface area contributed by atoms with E-state index in [0.29, 0.717) is 33.2 Å². The van der Waals surface area contributed by atoms with Crippen LogP contribution in [-0.2, 0) is 0 Å². The van der Waals surface area contributed by atoms with Gasteiger partial charge in [0.05, 0.1) is 10.5 Å². The molecule has 106 valence electrons. The number of nitrogens with zero attached hydrogens (tertiary/aromatic N) is 2. The monoisotopic (exact) mass is 302 g/mol. The van der Waals surface area contributed by atoms with Crippen molar-refractivity contribution in [3.8, 4) is 17.6 Å². The van der Waals surface area contributed by atoms with Crippen molar-refractivity contribution in [2.24, 2.45) is 0 Å². The number of aryl methyl sites for hydroxylation is 2. The first kappa shape index (κ1) is 14.8. The smallest absolute Gasteiger partial charge is 0.272 e. The fourth-order valence-electron chi connectivity index (χ4n) is 1.88. The van der Waals surface area contributed by atoms with Crippen LogP contribution >= 0.6 is 11.6 Å². The predicted octanol–water partition coefficient (Wildman–Crippen LogP) is 4.53. The van der Waals surface area contributed by atoms with Crippen molar-refractivity contribution in [2.75, 3.05) is 0 Å². The fraction of sp³-hybridized carbons (Fsp3) is 0.133. The molecule has 0 aliphatic rings. The highest BCUT2D eigenvalue weighted by Crippen LogP contribution is 2.33. The van der Waals surface area contributed by atoms with Gasteiger partial charge in [0.2, 0.25) is 0 Å². The summed E-state index contributed by atoms with van der Waals surface area (Å²) < 4.78 is 5.70. The van der Waals surface area contributed by atoms with Gasteiger partial charge in [0, 0.05) is 16.7 Å². The second kappa shape index (κ2) is 5.81. The average molecular weight is 303 g/mol. The molecule has 5 nitrogen and oxygen atoms in total. The minimum Gasteiger partial charge on any atom is -0.456 e. The molecule has 2 rings (SSSR count). The first-order valence-electron chi connectivity index (χ1n) is 6.05. The van der Waals surface area contributed by atoms with Crippen molar-refractivity contribution >= 4 is 17.3 Å². The quantitative estimate of drug-likeness (QED) is 0.616. The number of nitriles is 1. The van der Waals surface area contributed by atoms with Gasteiger partial charge in [-0.05, 0) is 43.7 Å². The second-order valence-corrected chi connectivity index (χ2v) is 4.95. The van der Waals surface area contributed by atoms with Crippen molar-refractivity contribution in [3.05, 3.63) is 62.2 Å². The molecule has 0 aromatic heterocycles. The summed E-state index contributed by atoms with van der Waals surface area (Å²) in [4.78, 5) is 10.5. The Kier molecular flexibility index (Phi) is 4.10. The van der Waals surface area contributed by atoms with Gasteiger partial charge < -0.3 is 4.74 Å². The molecular formula is C15H11ClN2O3. The summed E-state index contributed by atoms with van der Waals surface area (Å²) in [5.74, 6) is 0.829. The Morgan fingerprint density at radius 3 is 2.52 bits per heavy atom. The maximum absolute atomic E-state index is 10.9. The molecule has 0 fully saturated rings. The van der Waals surface area contributed by atoms with Gasteiger partial charge in [-0.25, -0.2) is 0 Å². The summed E-state index contributed by atoms with van der Waals surface area (Å²) in [6.07, 6.45) is 0. The lowest BCUT2D eigenvalue weighted by Crippen LogP contribution is -1.96. The minimum atomic E-state index is -0.435. The van der Waals surface area contributed by atoms with Crippen molar-refractivity contribution in [2.45, 2.75) is 13.8 Å². The van der Waals surface area contributed by atoms with Crippen molar-refractivity contribution < 1.29 is 9.66 Å². The summed E-state index contributed by atoms with van der Waals surface area (Å²) in [5, 5.41) is 20.4. The third-order valence-electron chi connectivity index (χ3n) is 2.97. The zero-order valence-electron chi connectivity index (χ0n) is 11.4. The first-order valence-corrected chi connectivity index (χ1v) is 6.43. The summed E-state index contributed by atoms with van der Waals surface area (Å²) >= 11 is 5.83. The van der Waals surface area contributed by atoms with E-state index in [2.05, 4.69) is 0 Å². The van der Waals surface area contributed by atoms with Crippen LogP contribution in [-0.4, -0.2) is 4.92 Å². The van der Waals surface area contributed by atoms with Gasteiger partial charge in [-0.3, -0.25) is 10.1 Å². The number of nitro groups is 1. The molecule has 0 radical (unpaired) electrons. The van der Waals surface area contributed by atoms with Gasteiger partial charge in [0.15, 0.2) is 0 Å². The summed E-state index contributed by atoms with van der Waals surface area (Å²) in [6, 6.07) is 9.76. The van der Waals surface area contributed by atoms with E-state index < -0.39 is 4.92 Å². The number of rotatable bonds is 3. The van der Waals surface area contributed by atoms with Gasteiger partial charge in [-0.2, -0.15) is 5.26 Å². The Morgan fingerprint density at radius 2 is 1.90 bits per heavy atom. The molecule has 0 bridgehead atoms. The third-order valence-corrected chi connectivity index (χ3v) is 3.21. The number of hydrogen-bond acceptors (Lipinski definition) is 4. The Hall–Kier alpha value is -2.58. The Bertz CT molecular complexity index is 766. The molecule has 0 saturated heterocycles. The van der Waals surface area contributed by atoms with E-state index in [9.17, 15) is 10.1 Å². The molecule has 0 aliphatic heterocycles. The zero-order valence-corrected chi connectivity index (χ0v) is 12.1. The fourth-order valence-corrected chi connectivity index (χ4v) is 2.05. The lowest BCUT2D eigenvalue weighted by molar-refractivity contribution is -0.385. The Morgan fingerprint density at radius 1 is 1.19 bits per heavy atom. The van der Waals surface area contributed by atoms with Gasteiger partial charge in [0.25, 0.3) is 5.69 Å². The van der Waals surface area contributed by atoms with E-state index in [4.69, 9.17) is 21.6 Å². The molecule has 0 aliphatic carbocycles. The van der Waals surface area contributed by atoms with E-state index in [-0.39, 0.29) is 5.69 Å². The molecule has 6 heteroatoms. The van der Waals surface area contributed by atoms with Crippen molar-refractivity contribution in [1.82, 2.24) is 0 Å². The van der Waals surface area contributed by atoms with E-state index in [0.717, 1.165) is 0 Å². The van der Waals surface area contributed by atoms with Gasteiger partial charge in [-0.1, -0.05) is 11.6 Å². The number of hydrogen-bond donors (Lipinski definition) is 0. The maximum Gasteiger partial charge on any atom is 0.272 e. The normalized spacial score (nSPS) is 10.0. The minimum absolute atomic E-state index is 0.0384. The second-order valence-electron chi connectivity index (χ2n) is 4.52. The number of ether oxygens (including phenoxy) is 1. The molecule has 0 heterocycles. The maximum atomic E-state index is 10.9. The van der Waals surface area contributed by atoms with Gasteiger partial charge in [-0.15, -0.1) is 0 Å². The van der Waals surface area contributed by atoms with Gasteiger partial charge >= 0.3 is 0 Å². The van der Waals surface area contributed by atoms with E-state index in [1.807, 2.05) is 6.07 Å². The van der Waals surface area contributed by atoms with Crippen molar-refractivity contribution in [1.29, 1.82) is 5.26 Å². The molecule has 2 aromatic rings. The zero-order chi connectivity index (χ0) is 15.6. The van der Waals surface area contributed by atoms with Crippen LogP contribution in [0.15, 0.2) is 30.3 Å². The molecule has 0 saturated carbocycles. The lowest BCUT2D eigenvalue weighted by Gasteiger charge is -2.11. The number of nitro benzene ring substituents is 1. The lowest BCUT2D eigenvalue weighted by atomic mass is 10.1. The molecule has 0 spiro atoms. The SMILES string of the molecule is Cc1cc([N+](=O)[O-])c(C)cc1Oc1ccc(Cl)cc1C#N. The molecule has 2 aromatic carbocycles. The van der Waals surface area contributed by atoms with Crippen LogP contribution in [0.1, 0.15) is 16.7 Å². The van der Waals surface area contributed by atoms with E-state index >= 15 is 0 Å². The number of benzene rings is 2. The van der Waals surface area contributed by atoms with E-state index in [1.165, 1.54) is 12.1 Å². The highest BCUT2D eigenvalue weighted by Gasteiger charge is 2.15. The van der Waals surface area contributed by atoms with Crippen LogP contribution in [0.2, 0.25) is 5.02 Å². The number of halogens is 1. The highest BCUT2D eigenvalue weighted by molar-refractivity contribution is 6.30. The largest absolute Gasteiger partial charge is 0.456 e. The van der Waals surface area contributed by atoms with Crippen LogP contribution in [0, 0.1) is 35.3 Å². The topological polar surface area (TPSA) is 76.2 Å². The Balaban J connectivity index is 2.44. The first-order chi connectivity index (χ1) is 9.92. The van der Waals surface area contributed by atoms with Crippen LogP contribution in [0.25, 0.3) is 0 Å². The van der Waals surface area contributed by atoms with E-state index in [1.54, 1.807) is 32.0 Å². The molecule has 0 atom stereocenters. The standard InChI is InChI=1S/C15H11ClN2O3/c1-9-6-15(10(2)5-13(9)18(19)20)21-14-4-3-12(16)7-11(14)8-17/h3-7H,1-2H3. The van der Waals surface area contributed by atoms with Crippen LogP contribution in [0.4, 0.5) is 5.69 Å². The summed E-state index contributed by atoms with van der Waals surface area (Å²) in [5.41, 5.74) is 1.45. The van der Waals surface area contributed by atoms with Crippen LogP contribution < -0.4 is 4.74 Å². The van der Waals surface area contributed by atoms with Gasteiger partial charge in [0.1, 0.15) is 17.6 Å². The summed E-state index contributed by atoms with van der Waals surface area (Å²) in [7, 11) is 0. The van der Waals surface area contributed by atoms with Crippen molar-refractivity contribution in [3.63, 3.8) is 0 Å². The van der Waals surface area contributed by atoms with Crippen LogP contribution in [0.3, 0.4) is 0 Å². The van der Waals surface area contributed by atoms with Crippen LogP contribution in [0.5, 0.6) is 11.5 Å². The summed E-state index contributed by atoms with van der Waals surface area (Å²) in [6.45, 7) is 3.35. The molecule has 0 unspecified atom stereocenters. The Labute approximate surface area is 126 Å². The highest BCUT2D eigenvalue weighted by atomic mass is 35.5.